The summed E-state index contributed by atoms with van der Waals surface area (Å²) in [5.74, 6) is 1.19. The Morgan fingerprint density at radius 1 is 1.19 bits per heavy atom. The number of methoxy groups -OCH3 is 1. The Labute approximate surface area is 122 Å². The van der Waals surface area contributed by atoms with Crippen molar-refractivity contribution in [2.24, 2.45) is 10.9 Å². The van der Waals surface area contributed by atoms with Crippen molar-refractivity contribution < 1.29 is 19.8 Å². The second-order valence-electron chi connectivity index (χ2n) is 4.34. The van der Waals surface area contributed by atoms with Gasteiger partial charge in [0.1, 0.15) is 23.9 Å². The monoisotopic (exact) mass is 288 g/mol. The standard InChI is InChI=1S/C15H16N2O4/c1-20-13-6-11(15(16)17-19)7-14(8-13)21-9-10-3-2-4-12(18)5-10/h2-8,18-19H,9H2,1H3,(H2,16,17). The van der Waals surface area contributed by atoms with E-state index in [1.807, 2.05) is 6.07 Å². The number of rotatable bonds is 5. The highest BCUT2D eigenvalue weighted by molar-refractivity contribution is 5.97. The molecule has 21 heavy (non-hydrogen) atoms. The molecule has 0 fully saturated rings. The molecular formula is C15H16N2O4. The fraction of sp³-hybridized carbons (Fsp3) is 0.133. The number of ether oxygens (including phenoxy) is 2. The van der Waals surface area contributed by atoms with Crippen molar-refractivity contribution in [3.63, 3.8) is 0 Å². The van der Waals surface area contributed by atoms with E-state index in [-0.39, 0.29) is 18.2 Å². The average molecular weight is 288 g/mol. The van der Waals surface area contributed by atoms with Crippen molar-refractivity contribution in [3.05, 3.63) is 53.6 Å². The lowest BCUT2D eigenvalue weighted by Gasteiger charge is -2.10. The van der Waals surface area contributed by atoms with Gasteiger partial charge in [-0.05, 0) is 29.8 Å². The van der Waals surface area contributed by atoms with Gasteiger partial charge in [0.05, 0.1) is 7.11 Å². The summed E-state index contributed by atoms with van der Waals surface area (Å²) in [6.45, 7) is 0.275. The summed E-state index contributed by atoms with van der Waals surface area (Å²) in [5.41, 5.74) is 6.88. The van der Waals surface area contributed by atoms with E-state index in [1.54, 1.807) is 36.4 Å². The number of benzene rings is 2. The van der Waals surface area contributed by atoms with Crippen molar-refractivity contribution in [2.75, 3.05) is 7.11 Å². The van der Waals surface area contributed by atoms with E-state index >= 15 is 0 Å². The van der Waals surface area contributed by atoms with Gasteiger partial charge in [0.25, 0.3) is 0 Å². The third-order valence-electron chi connectivity index (χ3n) is 2.84. The van der Waals surface area contributed by atoms with Gasteiger partial charge < -0.3 is 25.5 Å². The second-order valence-corrected chi connectivity index (χ2v) is 4.34. The van der Waals surface area contributed by atoms with Gasteiger partial charge in [-0.3, -0.25) is 0 Å². The first-order chi connectivity index (χ1) is 10.1. The van der Waals surface area contributed by atoms with Gasteiger partial charge in [-0.25, -0.2) is 0 Å². The Morgan fingerprint density at radius 2 is 1.95 bits per heavy atom. The number of aromatic hydroxyl groups is 1. The first-order valence-corrected chi connectivity index (χ1v) is 6.20. The van der Waals surface area contributed by atoms with E-state index in [9.17, 15) is 5.11 Å². The van der Waals surface area contributed by atoms with Crippen molar-refractivity contribution in [2.45, 2.75) is 6.61 Å². The van der Waals surface area contributed by atoms with Crippen LogP contribution in [0.5, 0.6) is 17.2 Å². The maximum Gasteiger partial charge on any atom is 0.170 e. The molecule has 4 N–H and O–H groups in total. The van der Waals surface area contributed by atoms with Crippen molar-refractivity contribution >= 4 is 5.84 Å². The normalized spacial score (nSPS) is 11.2. The molecule has 6 heteroatoms. The summed E-state index contributed by atoms with van der Waals surface area (Å²) in [5, 5.41) is 21.1. The van der Waals surface area contributed by atoms with Crippen LogP contribution in [0.4, 0.5) is 0 Å². The quantitative estimate of drug-likeness (QED) is 0.339. The molecule has 0 atom stereocenters. The predicted octanol–water partition coefficient (Wildman–Crippen LogP) is 2.07. The number of phenolic OH excluding ortho intramolecular Hbond substituents is 1. The minimum Gasteiger partial charge on any atom is -0.508 e. The molecule has 0 aliphatic rings. The largest absolute Gasteiger partial charge is 0.508 e. The zero-order valence-corrected chi connectivity index (χ0v) is 11.5. The molecule has 2 aromatic carbocycles. The van der Waals surface area contributed by atoms with Gasteiger partial charge in [-0.15, -0.1) is 0 Å². The summed E-state index contributed by atoms with van der Waals surface area (Å²) in [6.07, 6.45) is 0. The zero-order chi connectivity index (χ0) is 15.2. The summed E-state index contributed by atoms with van der Waals surface area (Å²) in [6, 6.07) is 11.7. The first kappa shape index (κ1) is 14.5. The van der Waals surface area contributed by atoms with Gasteiger partial charge in [-0.2, -0.15) is 0 Å². The molecule has 0 amide bonds. The zero-order valence-electron chi connectivity index (χ0n) is 11.5. The number of hydrogen-bond donors (Lipinski definition) is 3. The van der Waals surface area contributed by atoms with Crippen LogP contribution in [0.15, 0.2) is 47.6 Å². The molecule has 0 radical (unpaired) electrons. The Balaban J connectivity index is 2.19. The maximum absolute atomic E-state index is 9.41. The van der Waals surface area contributed by atoms with Crippen LogP contribution in [0.2, 0.25) is 0 Å². The van der Waals surface area contributed by atoms with Crippen molar-refractivity contribution in [1.29, 1.82) is 0 Å². The minimum absolute atomic E-state index is 0.0314. The number of hydrogen-bond acceptors (Lipinski definition) is 5. The van der Waals surface area contributed by atoms with Gasteiger partial charge >= 0.3 is 0 Å². The fourth-order valence-electron chi connectivity index (χ4n) is 1.79. The Bertz CT molecular complexity index is 656. The molecule has 2 aromatic rings. The number of amidine groups is 1. The highest BCUT2D eigenvalue weighted by Crippen LogP contribution is 2.24. The van der Waals surface area contributed by atoms with Gasteiger partial charge in [-0.1, -0.05) is 17.3 Å². The van der Waals surface area contributed by atoms with Crippen LogP contribution in [0, 0.1) is 0 Å². The molecule has 110 valence electrons. The van der Waals surface area contributed by atoms with E-state index in [2.05, 4.69) is 5.16 Å². The fourth-order valence-corrected chi connectivity index (χ4v) is 1.79. The van der Waals surface area contributed by atoms with Crippen molar-refractivity contribution in [1.82, 2.24) is 0 Å². The number of phenols is 1. The van der Waals surface area contributed by atoms with E-state index in [1.165, 1.54) is 7.11 Å². The van der Waals surface area contributed by atoms with Gasteiger partial charge in [0.15, 0.2) is 5.84 Å². The van der Waals surface area contributed by atoms with Crippen LogP contribution in [0.25, 0.3) is 0 Å². The van der Waals surface area contributed by atoms with Gasteiger partial charge in [0.2, 0.25) is 0 Å². The molecular weight excluding hydrogens is 272 g/mol. The van der Waals surface area contributed by atoms with Crippen LogP contribution in [-0.2, 0) is 6.61 Å². The van der Waals surface area contributed by atoms with E-state index < -0.39 is 0 Å². The maximum atomic E-state index is 9.41. The van der Waals surface area contributed by atoms with E-state index in [0.717, 1.165) is 5.56 Å². The minimum atomic E-state index is -0.0314. The Hall–Kier alpha value is -2.89. The molecule has 0 aliphatic heterocycles. The summed E-state index contributed by atoms with van der Waals surface area (Å²) >= 11 is 0. The first-order valence-electron chi connectivity index (χ1n) is 6.20. The third kappa shape index (κ3) is 3.79. The van der Waals surface area contributed by atoms with E-state index in [4.69, 9.17) is 20.4 Å². The van der Waals surface area contributed by atoms with Gasteiger partial charge in [0, 0.05) is 11.6 Å². The Morgan fingerprint density at radius 3 is 2.62 bits per heavy atom. The lowest BCUT2D eigenvalue weighted by molar-refractivity contribution is 0.302. The molecule has 6 nitrogen and oxygen atoms in total. The number of nitrogens with two attached hydrogens (primary N) is 1. The van der Waals surface area contributed by atoms with Crippen LogP contribution in [-0.4, -0.2) is 23.3 Å². The molecule has 0 saturated heterocycles. The second kappa shape index (κ2) is 6.51. The predicted molar refractivity (Wildman–Crippen MR) is 77.9 cm³/mol. The van der Waals surface area contributed by atoms with Crippen LogP contribution in [0.3, 0.4) is 0 Å². The lowest BCUT2D eigenvalue weighted by atomic mass is 10.2. The number of nitrogens with zero attached hydrogens (tertiary/aromatic N) is 1. The molecule has 0 saturated carbocycles. The molecule has 0 heterocycles. The smallest absolute Gasteiger partial charge is 0.170 e. The molecule has 0 aliphatic carbocycles. The van der Waals surface area contributed by atoms with Crippen LogP contribution >= 0.6 is 0 Å². The number of oxime groups is 1. The summed E-state index contributed by atoms with van der Waals surface area (Å²) in [4.78, 5) is 0. The van der Waals surface area contributed by atoms with Crippen molar-refractivity contribution in [3.8, 4) is 17.2 Å². The summed E-state index contributed by atoms with van der Waals surface area (Å²) < 4.78 is 10.8. The molecule has 0 spiro atoms. The van der Waals surface area contributed by atoms with E-state index in [0.29, 0.717) is 17.1 Å². The highest BCUT2D eigenvalue weighted by atomic mass is 16.5. The average Bonchev–Trinajstić information content (AvgIpc) is 2.51. The molecule has 2 rings (SSSR count). The summed E-state index contributed by atoms with van der Waals surface area (Å²) in [7, 11) is 1.52. The van der Waals surface area contributed by atoms with Crippen LogP contribution < -0.4 is 15.2 Å². The SMILES string of the molecule is COc1cc(OCc2cccc(O)c2)cc(/C(N)=N/O)c1. The topological polar surface area (TPSA) is 97.3 Å². The molecule has 0 bridgehead atoms. The molecule has 0 aromatic heterocycles. The Kier molecular flexibility index (Phi) is 4.50. The highest BCUT2D eigenvalue weighted by Gasteiger charge is 2.07. The third-order valence-corrected chi connectivity index (χ3v) is 2.84. The van der Waals surface area contributed by atoms with Crippen LogP contribution in [0.1, 0.15) is 11.1 Å². The lowest BCUT2D eigenvalue weighted by Crippen LogP contribution is -2.13. The molecule has 0 unspecified atom stereocenters.